The number of nitrogens with zero attached hydrogens (tertiary/aromatic N) is 2. The number of rotatable bonds is 9. The van der Waals surface area contributed by atoms with Gasteiger partial charge in [0, 0.05) is 29.5 Å². The summed E-state index contributed by atoms with van der Waals surface area (Å²) in [6.07, 6.45) is -9.45. The highest BCUT2D eigenvalue weighted by molar-refractivity contribution is 6.07. The largest absolute Gasteiger partial charge is 0.468 e. The van der Waals surface area contributed by atoms with Gasteiger partial charge in [-0.05, 0) is 19.4 Å². The Bertz CT molecular complexity index is 1210. The Morgan fingerprint density at radius 3 is 2.13 bits per heavy atom. The number of halogens is 9. The highest BCUT2D eigenvalue weighted by Gasteiger charge is 2.81. The van der Waals surface area contributed by atoms with Crippen molar-refractivity contribution in [3.05, 3.63) is 51.2 Å². The summed E-state index contributed by atoms with van der Waals surface area (Å²) in [5.74, 6) is -25.4. The maximum atomic E-state index is 13.8. The number of methoxy groups -OCH3 is 1. The first-order chi connectivity index (χ1) is 17.7. The molecule has 39 heavy (non-hydrogen) atoms. The standard InChI is InChI=1S/C22H19F9N2O6/c1-10-14(17(34)38-3)16(12-5-4-6-13(9-12)33(36)37)15(11(2)32-10)18(35)39-8-7-19(23,24)20(25,26)21(27,28)22(29,30)31/h4-6,9,14,16H,7-8H2,1-3H3. The molecule has 2 rings (SSSR count). The Hall–Kier alpha value is -3.66. The van der Waals surface area contributed by atoms with Gasteiger partial charge in [0.2, 0.25) is 0 Å². The minimum atomic E-state index is -7.11. The lowest BCUT2D eigenvalue weighted by Gasteiger charge is -2.34. The number of nitro groups is 1. The van der Waals surface area contributed by atoms with Gasteiger partial charge in [0.1, 0.15) is 5.92 Å². The molecule has 0 spiro atoms. The van der Waals surface area contributed by atoms with Crippen molar-refractivity contribution in [1.82, 2.24) is 0 Å². The van der Waals surface area contributed by atoms with Crippen LogP contribution < -0.4 is 0 Å². The molecule has 8 nitrogen and oxygen atoms in total. The molecule has 0 bridgehead atoms. The number of carbonyl (C=O) groups excluding carboxylic acids is 2. The van der Waals surface area contributed by atoms with Crippen LogP contribution in [0.15, 0.2) is 40.5 Å². The van der Waals surface area contributed by atoms with Gasteiger partial charge < -0.3 is 9.47 Å². The van der Waals surface area contributed by atoms with Gasteiger partial charge in [-0.3, -0.25) is 19.9 Å². The molecule has 1 aromatic rings. The molecule has 0 saturated heterocycles. The second-order valence-electron chi connectivity index (χ2n) is 8.32. The van der Waals surface area contributed by atoms with Gasteiger partial charge in [0.05, 0.1) is 30.6 Å². The van der Waals surface area contributed by atoms with Crippen LogP contribution in [0.3, 0.4) is 0 Å². The number of nitro benzene ring substituents is 1. The van der Waals surface area contributed by atoms with E-state index < -0.39 is 76.9 Å². The maximum Gasteiger partial charge on any atom is 0.460 e. The van der Waals surface area contributed by atoms with Gasteiger partial charge in [-0.25, -0.2) is 4.79 Å². The van der Waals surface area contributed by atoms with Crippen LogP contribution in [0.4, 0.5) is 45.2 Å². The molecule has 0 saturated carbocycles. The van der Waals surface area contributed by atoms with E-state index in [-0.39, 0.29) is 17.0 Å². The number of hydrogen-bond donors (Lipinski definition) is 0. The van der Waals surface area contributed by atoms with Gasteiger partial charge in [-0.15, -0.1) is 0 Å². The molecule has 2 unspecified atom stereocenters. The van der Waals surface area contributed by atoms with Crippen LogP contribution in [-0.4, -0.2) is 60.2 Å². The van der Waals surface area contributed by atoms with Crippen molar-refractivity contribution in [1.29, 1.82) is 0 Å². The smallest absolute Gasteiger partial charge is 0.460 e. The lowest BCUT2D eigenvalue weighted by Crippen LogP contribution is -2.61. The molecule has 1 aliphatic rings. The van der Waals surface area contributed by atoms with Crippen molar-refractivity contribution >= 4 is 23.3 Å². The fourth-order valence-corrected chi connectivity index (χ4v) is 3.84. The van der Waals surface area contributed by atoms with Crippen LogP contribution in [0.2, 0.25) is 0 Å². The molecule has 1 aromatic carbocycles. The molecule has 0 aromatic heterocycles. The van der Waals surface area contributed by atoms with E-state index in [4.69, 9.17) is 4.74 Å². The molecule has 0 aliphatic carbocycles. The summed E-state index contributed by atoms with van der Waals surface area (Å²) in [5, 5.41) is 11.2. The van der Waals surface area contributed by atoms with Crippen molar-refractivity contribution in [3.63, 3.8) is 0 Å². The number of allylic oxidation sites excluding steroid dienone is 1. The number of esters is 2. The third-order valence-corrected chi connectivity index (χ3v) is 5.80. The molecular formula is C22H19F9N2O6. The number of benzene rings is 1. The Balaban J connectivity index is 2.43. The molecule has 216 valence electrons. The minimum absolute atomic E-state index is 0.0400. The summed E-state index contributed by atoms with van der Waals surface area (Å²) in [5.41, 5.74) is -1.19. The molecule has 0 N–H and O–H groups in total. The highest BCUT2D eigenvalue weighted by atomic mass is 19.4. The fourth-order valence-electron chi connectivity index (χ4n) is 3.84. The Morgan fingerprint density at radius 2 is 1.62 bits per heavy atom. The van der Waals surface area contributed by atoms with Gasteiger partial charge in [-0.2, -0.15) is 39.5 Å². The van der Waals surface area contributed by atoms with Crippen LogP contribution in [0.1, 0.15) is 31.7 Å². The van der Waals surface area contributed by atoms with Crippen molar-refractivity contribution in [2.75, 3.05) is 13.7 Å². The highest BCUT2D eigenvalue weighted by Crippen LogP contribution is 2.54. The Kier molecular flexibility index (Phi) is 8.77. The summed E-state index contributed by atoms with van der Waals surface area (Å²) >= 11 is 0. The van der Waals surface area contributed by atoms with E-state index in [0.29, 0.717) is 0 Å². The zero-order valence-corrected chi connectivity index (χ0v) is 20.1. The average Bonchev–Trinajstić information content (AvgIpc) is 2.81. The van der Waals surface area contributed by atoms with E-state index in [1.165, 1.54) is 26.0 Å². The Morgan fingerprint density at radius 1 is 1.03 bits per heavy atom. The number of carbonyl (C=O) groups is 2. The van der Waals surface area contributed by atoms with Crippen molar-refractivity contribution in [2.24, 2.45) is 10.9 Å². The average molecular weight is 578 g/mol. The number of non-ortho nitro benzene ring substituents is 1. The van der Waals surface area contributed by atoms with E-state index in [1.807, 2.05) is 0 Å². The van der Waals surface area contributed by atoms with Gasteiger partial charge in [0.15, 0.2) is 0 Å². The zero-order valence-electron chi connectivity index (χ0n) is 20.1. The van der Waals surface area contributed by atoms with E-state index in [0.717, 1.165) is 19.2 Å². The quantitative estimate of drug-likeness (QED) is 0.163. The first-order valence-corrected chi connectivity index (χ1v) is 10.7. The van der Waals surface area contributed by atoms with Gasteiger partial charge in [0.25, 0.3) is 5.69 Å². The van der Waals surface area contributed by atoms with Crippen LogP contribution in [-0.2, 0) is 19.1 Å². The second kappa shape index (κ2) is 10.8. The fraction of sp³-hybridized carbons (Fsp3) is 0.500. The Labute approximate surface area is 213 Å². The summed E-state index contributed by atoms with van der Waals surface area (Å²) in [6.45, 7) is 0.797. The molecule has 2 atom stereocenters. The monoisotopic (exact) mass is 578 g/mol. The topological polar surface area (TPSA) is 108 Å². The summed E-state index contributed by atoms with van der Waals surface area (Å²) in [7, 11) is 0.974. The van der Waals surface area contributed by atoms with E-state index in [1.54, 1.807) is 0 Å². The van der Waals surface area contributed by atoms with Crippen LogP contribution in [0, 0.1) is 16.0 Å². The molecule has 1 heterocycles. The molecule has 17 heteroatoms. The van der Waals surface area contributed by atoms with E-state index >= 15 is 0 Å². The van der Waals surface area contributed by atoms with Gasteiger partial charge in [-0.1, -0.05) is 12.1 Å². The third-order valence-electron chi connectivity index (χ3n) is 5.80. The first kappa shape index (κ1) is 31.6. The minimum Gasteiger partial charge on any atom is -0.468 e. The predicted molar refractivity (Wildman–Crippen MR) is 114 cm³/mol. The predicted octanol–water partition coefficient (Wildman–Crippen LogP) is 5.62. The second-order valence-corrected chi connectivity index (χ2v) is 8.32. The number of aliphatic imine (C=N–C) groups is 1. The normalized spacial score (nSPS) is 18.9. The van der Waals surface area contributed by atoms with Crippen molar-refractivity contribution < 1.29 is 63.5 Å². The summed E-state index contributed by atoms with van der Waals surface area (Å²) in [6, 6.07) is 4.52. The van der Waals surface area contributed by atoms with E-state index in [9.17, 15) is 59.2 Å². The zero-order chi connectivity index (χ0) is 30.1. The lowest BCUT2D eigenvalue weighted by atomic mass is 9.75. The van der Waals surface area contributed by atoms with Crippen LogP contribution in [0.5, 0.6) is 0 Å². The molecule has 0 fully saturated rings. The molecular weight excluding hydrogens is 559 g/mol. The molecule has 1 aliphatic heterocycles. The van der Waals surface area contributed by atoms with Crippen molar-refractivity contribution in [3.8, 4) is 0 Å². The first-order valence-electron chi connectivity index (χ1n) is 10.7. The molecule has 0 amide bonds. The van der Waals surface area contributed by atoms with Gasteiger partial charge >= 0.3 is 35.9 Å². The molecule has 0 radical (unpaired) electrons. The van der Waals surface area contributed by atoms with Crippen LogP contribution in [0.25, 0.3) is 0 Å². The number of hydrogen-bond acceptors (Lipinski definition) is 7. The SMILES string of the molecule is COC(=O)C1C(C)=NC(C)=C(C(=O)OCCC(F)(F)C(F)(F)C(F)(F)C(F)(F)F)C1c1cccc([N+](=O)[O-])c1. The van der Waals surface area contributed by atoms with E-state index in [2.05, 4.69) is 9.73 Å². The number of ether oxygens (including phenoxy) is 2. The maximum absolute atomic E-state index is 13.8. The summed E-state index contributed by atoms with van der Waals surface area (Å²) < 4.78 is 127. The van der Waals surface area contributed by atoms with Crippen molar-refractivity contribution in [2.45, 2.75) is 50.1 Å². The van der Waals surface area contributed by atoms with Crippen LogP contribution >= 0.6 is 0 Å². The summed E-state index contributed by atoms with van der Waals surface area (Å²) in [4.78, 5) is 39.8. The number of alkyl halides is 9. The lowest BCUT2D eigenvalue weighted by molar-refractivity contribution is -0.397. The third kappa shape index (κ3) is 5.85.